The second kappa shape index (κ2) is 8.48. The average molecular weight is 430 g/mol. The van der Waals surface area contributed by atoms with Gasteiger partial charge in [-0.2, -0.15) is 4.31 Å². The molecule has 1 N–H and O–H groups in total. The van der Waals surface area contributed by atoms with Crippen LogP contribution >= 0.6 is 0 Å². The summed E-state index contributed by atoms with van der Waals surface area (Å²) < 4.78 is 51.9. The van der Waals surface area contributed by atoms with Crippen molar-refractivity contribution < 1.29 is 21.6 Å². The van der Waals surface area contributed by atoms with Gasteiger partial charge in [0.2, 0.25) is 26.0 Å². The van der Waals surface area contributed by atoms with Crippen molar-refractivity contribution in [1.82, 2.24) is 8.61 Å². The number of nitrogens with zero attached hydrogens (tertiary/aromatic N) is 2. The van der Waals surface area contributed by atoms with E-state index in [1.165, 1.54) is 20.7 Å². The van der Waals surface area contributed by atoms with Crippen LogP contribution in [0.2, 0.25) is 0 Å². The molecule has 2 saturated heterocycles. The monoisotopic (exact) mass is 429 g/mol. The van der Waals surface area contributed by atoms with Gasteiger partial charge in [-0.1, -0.05) is 12.5 Å². The Morgan fingerprint density at radius 1 is 1.00 bits per heavy atom. The maximum atomic E-state index is 12.8. The number of carbonyl (C=O) groups is 1. The number of piperidine rings is 2. The summed E-state index contributed by atoms with van der Waals surface area (Å²) in [6, 6.07) is 6.25. The van der Waals surface area contributed by atoms with E-state index in [0.29, 0.717) is 38.2 Å². The van der Waals surface area contributed by atoms with Gasteiger partial charge in [0, 0.05) is 31.9 Å². The fourth-order valence-electron chi connectivity index (χ4n) is 3.69. The van der Waals surface area contributed by atoms with Crippen LogP contribution in [0.5, 0.6) is 0 Å². The Kier molecular flexibility index (Phi) is 6.43. The summed E-state index contributed by atoms with van der Waals surface area (Å²) in [4.78, 5) is 12.8. The minimum Gasteiger partial charge on any atom is -0.326 e. The standard InChI is InChI=1S/C18H27N3O5S2/c1-27(23,24)21-12-6-7-15(14-21)18(22)19-16-8-5-9-17(13-16)28(25,26)20-10-3-2-4-11-20/h5,8-9,13,15H,2-4,6-7,10-12,14H2,1H3,(H,19,22)/t15-/m0/s1. The summed E-state index contributed by atoms with van der Waals surface area (Å²) in [6.07, 6.45) is 5.11. The summed E-state index contributed by atoms with van der Waals surface area (Å²) in [7, 11) is -6.91. The van der Waals surface area contributed by atoms with E-state index in [2.05, 4.69) is 5.32 Å². The number of benzene rings is 1. The van der Waals surface area contributed by atoms with Gasteiger partial charge in [-0.15, -0.1) is 0 Å². The molecule has 0 spiro atoms. The van der Waals surface area contributed by atoms with Gasteiger partial charge in [0.25, 0.3) is 0 Å². The molecule has 1 aromatic rings. The van der Waals surface area contributed by atoms with Crippen molar-refractivity contribution in [2.45, 2.75) is 37.0 Å². The molecule has 1 aromatic carbocycles. The molecule has 8 nitrogen and oxygen atoms in total. The lowest BCUT2D eigenvalue weighted by Crippen LogP contribution is -2.43. The SMILES string of the molecule is CS(=O)(=O)N1CCC[C@H](C(=O)Nc2cccc(S(=O)(=O)N3CCCCC3)c2)C1. The van der Waals surface area contributed by atoms with E-state index < -0.39 is 26.0 Å². The van der Waals surface area contributed by atoms with E-state index in [9.17, 15) is 21.6 Å². The van der Waals surface area contributed by atoms with Crippen LogP contribution < -0.4 is 5.32 Å². The first-order valence-corrected chi connectivity index (χ1v) is 12.8. The number of nitrogens with one attached hydrogen (secondary N) is 1. The molecule has 0 bridgehead atoms. The number of hydrogen-bond donors (Lipinski definition) is 1. The highest BCUT2D eigenvalue weighted by Gasteiger charge is 2.31. The minimum absolute atomic E-state index is 0.149. The summed E-state index contributed by atoms with van der Waals surface area (Å²) in [5.74, 6) is -0.744. The van der Waals surface area contributed by atoms with Gasteiger partial charge in [-0.3, -0.25) is 4.79 Å². The maximum Gasteiger partial charge on any atom is 0.243 e. The van der Waals surface area contributed by atoms with Gasteiger partial charge in [-0.05, 0) is 43.9 Å². The molecule has 0 aromatic heterocycles. The number of amides is 1. The molecule has 2 fully saturated rings. The van der Waals surface area contributed by atoms with E-state index >= 15 is 0 Å². The largest absolute Gasteiger partial charge is 0.326 e. The van der Waals surface area contributed by atoms with Crippen molar-refractivity contribution in [2.75, 3.05) is 37.8 Å². The molecule has 0 radical (unpaired) electrons. The van der Waals surface area contributed by atoms with Gasteiger partial charge < -0.3 is 5.32 Å². The Morgan fingerprint density at radius 2 is 1.68 bits per heavy atom. The molecule has 1 amide bonds. The summed E-state index contributed by atoms with van der Waals surface area (Å²) in [5, 5.41) is 2.76. The highest BCUT2D eigenvalue weighted by Crippen LogP contribution is 2.24. The van der Waals surface area contributed by atoms with Gasteiger partial charge in [0.15, 0.2) is 0 Å². The fraction of sp³-hybridized carbons (Fsp3) is 0.611. The molecule has 0 aliphatic carbocycles. The van der Waals surface area contributed by atoms with E-state index in [0.717, 1.165) is 25.5 Å². The fourth-order valence-corrected chi connectivity index (χ4v) is 6.17. The molecular weight excluding hydrogens is 402 g/mol. The molecule has 28 heavy (non-hydrogen) atoms. The molecule has 10 heteroatoms. The van der Waals surface area contributed by atoms with Gasteiger partial charge in [0.05, 0.1) is 17.1 Å². The predicted molar refractivity (Wildman–Crippen MR) is 107 cm³/mol. The van der Waals surface area contributed by atoms with Crippen LogP contribution in [0.3, 0.4) is 0 Å². The second-order valence-electron chi connectivity index (χ2n) is 7.44. The van der Waals surface area contributed by atoms with Crippen molar-refractivity contribution in [3.05, 3.63) is 24.3 Å². The van der Waals surface area contributed by atoms with Crippen molar-refractivity contribution in [3.8, 4) is 0 Å². The van der Waals surface area contributed by atoms with Crippen LogP contribution in [-0.2, 0) is 24.8 Å². The highest BCUT2D eigenvalue weighted by atomic mass is 32.2. The Bertz CT molecular complexity index is 924. The number of rotatable bonds is 5. The van der Waals surface area contributed by atoms with Crippen LogP contribution in [0.25, 0.3) is 0 Å². The van der Waals surface area contributed by atoms with Crippen molar-refractivity contribution in [3.63, 3.8) is 0 Å². The number of sulfonamides is 2. The first kappa shape index (κ1) is 21.2. The van der Waals surface area contributed by atoms with Crippen molar-refractivity contribution >= 4 is 31.6 Å². The lowest BCUT2D eigenvalue weighted by atomic mass is 9.99. The minimum atomic E-state index is -3.58. The van der Waals surface area contributed by atoms with Crippen molar-refractivity contribution in [1.29, 1.82) is 0 Å². The Balaban J connectivity index is 1.71. The number of hydrogen-bond acceptors (Lipinski definition) is 5. The van der Waals surface area contributed by atoms with Gasteiger partial charge in [0.1, 0.15) is 0 Å². The van der Waals surface area contributed by atoms with Gasteiger partial charge in [-0.25, -0.2) is 21.1 Å². The molecule has 1 atom stereocenters. The van der Waals surface area contributed by atoms with Crippen molar-refractivity contribution in [2.24, 2.45) is 5.92 Å². The molecule has 2 aliphatic rings. The summed E-state index contributed by atoms with van der Waals surface area (Å²) >= 11 is 0. The number of carbonyl (C=O) groups excluding carboxylic acids is 1. The Morgan fingerprint density at radius 3 is 2.36 bits per heavy atom. The number of anilines is 1. The van der Waals surface area contributed by atoms with Crippen LogP contribution in [0.15, 0.2) is 29.2 Å². The third-order valence-corrected chi connectivity index (χ3v) is 8.44. The van der Waals surface area contributed by atoms with E-state index in [1.807, 2.05) is 0 Å². The lowest BCUT2D eigenvalue weighted by Gasteiger charge is -2.30. The molecule has 2 aliphatic heterocycles. The van der Waals surface area contributed by atoms with Crippen LogP contribution in [-0.4, -0.2) is 63.8 Å². The summed E-state index contributed by atoms with van der Waals surface area (Å²) in [6.45, 7) is 1.60. The van der Waals surface area contributed by atoms with Crippen LogP contribution in [0.1, 0.15) is 32.1 Å². The first-order valence-electron chi connectivity index (χ1n) is 9.54. The molecule has 3 rings (SSSR count). The molecule has 0 unspecified atom stereocenters. The topological polar surface area (TPSA) is 104 Å². The molecule has 2 heterocycles. The normalized spacial score (nSPS) is 22.7. The zero-order valence-electron chi connectivity index (χ0n) is 16.0. The van der Waals surface area contributed by atoms with E-state index in [4.69, 9.17) is 0 Å². The van der Waals surface area contributed by atoms with Gasteiger partial charge >= 0.3 is 0 Å². The zero-order chi connectivity index (χ0) is 20.4. The quantitative estimate of drug-likeness (QED) is 0.763. The Labute approximate surface area is 167 Å². The maximum absolute atomic E-state index is 12.8. The highest BCUT2D eigenvalue weighted by molar-refractivity contribution is 7.89. The van der Waals surface area contributed by atoms with E-state index in [-0.39, 0.29) is 17.3 Å². The molecule has 156 valence electrons. The van der Waals surface area contributed by atoms with Crippen LogP contribution in [0, 0.1) is 5.92 Å². The Hall–Kier alpha value is -1.49. The third kappa shape index (κ3) is 4.91. The van der Waals surface area contributed by atoms with E-state index in [1.54, 1.807) is 12.1 Å². The average Bonchev–Trinajstić information content (AvgIpc) is 2.68. The zero-order valence-corrected chi connectivity index (χ0v) is 17.6. The lowest BCUT2D eigenvalue weighted by molar-refractivity contribution is -0.120. The second-order valence-corrected chi connectivity index (χ2v) is 11.4. The summed E-state index contributed by atoms with van der Waals surface area (Å²) in [5.41, 5.74) is 0.402. The first-order chi connectivity index (χ1) is 13.2. The predicted octanol–water partition coefficient (Wildman–Crippen LogP) is 1.47. The molecular formula is C18H27N3O5S2. The molecule has 0 saturated carbocycles. The van der Waals surface area contributed by atoms with Crippen LogP contribution in [0.4, 0.5) is 5.69 Å². The third-order valence-electron chi connectivity index (χ3n) is 5.28. The smallest absolute Gasteiger partial charge is 0.243 e.